The zero-order valence-corrected chi connectivity index (χ0v) is 9.96. The Hall–Kier alpha value is -1.10. The molecule has 0 aliphatic carbocycles. The van der Waals surface area contributed by atoms with E-state index < -0.39 is 0 Å². The van der Waals surface area contributed by atoms with E-state index in [9.17, 15) is 9.59 Å². The average molecular weight is 230 g/mol. The van der Waals surface area contributed by atoms with Gasteiger partial charge in [-0.3, -0.25) is 9.59 Å². The van der Waals surface area contributed by atoms with E-state index in [4.69, 9.17) is 10.5 Å². The van der Waals surface area contributed by atoms with Gasteiger partial charge in [0.1, 0.15) is 0 Å². The normalized spacial score (nSPS) is 10.1. The van der Waals surface area contributed by atoms with Crippen LogP contribution in [0, 0.1) is 0 Å². The molecule has 0 fully saturated rings. The van der Waals surface area contributed by atoms with Crippen LogP contribution in [0.1, 0.15) is 39.0 Å². The molecule has 0 aromatic rings. The van der Waals surface area contributed by atoms with Gasteiger partial charge in [-0.2, -0.15) is 0 Å². The summed E-state index contributed by atoms with van der Waals surface area (Å²) in [7, 11) is 0. The largest absolute Gasteiger partial charge is 0.466 e. The maximum absolute atomic E-state index is 11.0. The molecule has 16 heavy (non-hydrogen) atoms. The van der Waals surface area contributed by atoms with Crippen molar-refractivity contribution >= 4 is 11.9 Å². The lowest BCUT2D eigenvalue weighted by Crippen LogP contribution is -2.22. The van der Waals surface area contributed by atoms with Gasteiger partial charge >= 0.3 is 5.97 Å². The second-order valence-electron chi connectivity index (χ2n) is 3.58. The summed E-state index contributed by atoms with van der Waals surface area (Å²) in [6.07, 6.45) is 3.72. The molecule has 0 saturated carbocycles. The smallest absolute Gasteiger partial charge is 0.305 e. The fourth-order valence-corrected chi connectivity index (χ4v) is 1.27. The van der Waals surface area contributed by atoms with Crippen molar-refractivity contribution in [2.45, 2.75) is 39.0 Å². The van der Waals surface area contributed by atoms with E-state index in [1.807, 2.05) is 0 Å². The predicted octanol–water partition coefficient (Wildman–Crippen LogP) is 0.575. The van der Waals surface area contributed by atoms with Gasteiger partial charge in [0.15, 0.2) is 0 Å². The minimum Gasteiger partial charge on any atom is -0.466 e. The Kier molecular flexibility index (Phi) is 9.70. The van der Waals surface area contributed by atoms with Crippen molar-refractivity contribution in [2.24, 2.45) is 5.73 Å². The molecule has 3 N–H and O–H groups in total. The SMILES string of the molecule is CCOC(=O)CCCCCNCCC(N)=O. The number of unbranched alkanes of at least 4 members (excludes halogenated alkanes) is 2. The molecule has 0 atom stereocenters. The lowest BCUT2D eigenvalue weighted by molar-refractivity contribution is -0.143. The topological polar surface area (TPSA) is 81.4 Å². The highest BCUT2D eigenvalue weighted by atomic mass is 16.5. The number of carbonyl (C=O) groups excluding carboxylic acids is 2. The van der Waals surface area contributed by atoms with Gasteiger partial charge in [-0.25, -0.2) is 0 Å². The third kappa shape index (κ3) is 11.0. The number of amides is 1. The number of esters is 1. The lowest BCUT2D eigenvalue weighted by atomic mass is 10.2. The summed E-state index contributed by atoms with van der Waals surface area (Å²) in [5.74, 6) is -0.404. The summed E-state index contributed by atoms with van der Waals surface area (Å²) in [5.41, 5.74) is 4.99. The molecule has 5 heteroatoms. The molecule has 0 radical (unpaired) electrons. The van der Waals surface area contributed by atoms with Crippen LogP contribution in [0.4, 0.5) is 0 Å². The standard InChI is InChI=1S/C11H22N2O3/c1-2-16-11(15)6-4-3-5-8-13-9-7-10(12)14/h13H,2-9H2,1H3,(H2,12,14). The Morgan fingerprint density at radius 2 is 1.88 bits per heavy atom. The fourth-order valence-electron chi connectivity index (χ4n) is 1.27. The number of hydrogen-bond donors (Lipinski definition) is 2. The number of primary amides is 1. The van der Waals surface area contributed by atoms with Gasteiger partial charge in [-0.05, 0) is 26.3 Å². The first kappa shape index (κ1) is 14.9. The second-order valence-corrected chi connectivity index (χ2v) is 3.58. The summed E-state index contributed by atoms with van der Waals surface area (Å²) in [6, 6.07) is 0. The quantitative estimate of drug-likeness (QED) is 0.425. The number of hydrogen-bond acceptors (Lipinski definition) is 4. The van der Waals surface area contributed by atoms with E-state index in [-0.39, 0.29) is 11.9 Å². The third-order valence-electron chi connectivity index (χ3n) is 2.09. The Labute approximate surface area is 96.7 Å². The van der Waals surface area contributed by atoms with E-state index in [2.05, 4.69) is 5.32 Å². The predicted molar refractivity (Wildman–Crippen MR) is 61.8 cm³/mol. The maximum atomic E-state index is 11.0. The van der Waals surface area contributed by atoms with Gasteiger partial charge in [0.25, 0.3) is 0 Å². The number of rotatable bonds is 10. The van der Waals surface area contributed by atoms with Crippen LogP contribution >= 0.6 is 0 Å². The molecule has 0 aromatic heterocycles. The number of carbonyl (C=O) groups is 2. The van der Waals surface area contributed by atoms with Crippen molar-refractivity contribution in [3.63, 3.8) is 0 Å². The molecule has 0 bridgehead atoms. The molecule has 0 unspecified atom stereocenters. The first-order valence-electron chi connectivity index (χ1n) is 5.81. The number of nitrogens with one attached hydrogen (secondary N) is 1. The summed E-state index contributed by atoms with van der Waals surface area (Å²) < 4.78 is 4.81. The van der Waals surface area contributed by atoms with Gasteiger partial charge in [0.05, 0.1) is 6.61 Å². The third-order valence-corrected chi connectivity index (χ3v) is 2.09. The van der Waals surface area contributed by atoms with Gasteiger partial charge in [-0.15, -0.1) is 0 Å². The molecule has 0 aliphatic rings. The van der Waals surface area contributed by atoms with Gasteiger partial charge < -0.3 is 15.8 Å². The first-order chi connectivity index (χ1) is 7.66. The molecule has 1 amide bonds. The first-order valence-corrected chi connectivity index (χ1v) is 5.81. The van der Waals surface area contributed by atoms with E-state index in [1.54, 1.807) is 6.92 Å². The molecule has 0 aromatic carbocycles. The summed E-state index contributed by atoms with van der Waals surface area (Å²) >= 11 is 0. The highest BCUT2D eigenvalue weighted by Crippen LogP contribution is 2.00. The van der Waals surface area contributed by atoms with Crippen molar-refractivity contribution in [1.82, 2.24) is 5.32 Å². The second kappa shape index (κ2) is 10.4. The van der Waals surface area contributed by atoms with Crippen molar-refractivity contribution in [2.75, 3.05) is 19.7 Å². The van der Waals surface area contributed by atoms with Crippen LogP contribution in [-0.4, -0.2) is 31.6 Å². The molecule has 0 spiro atoms. The van der Waals surface area contributed by atoms with Gasteiger partial charge in [0, 0.05) is 19.4 Å². The lowest BCUT2D eigenvalue weighted by Gasteiger charge is -2.03. The van der Waals surface area contributed by atoms with Crippen LogP contribution in [0.25, 0.3) is 0 Å². The Balaban J connectivity index is 3.09. The maximum Gasteiger partial charge on any atom is 0.305 e. The Bertz CT molecular complexity index is 207. The van der Waals surface area contributed by atoms with Crippen LogP contribution in [0.2, 0.25) is 0 Å². The minimum atomic E-state index is -0.283. The van der Waals surface area contributed by atoms with E-state index in [1.165, 1.54) is 0 Å². The van der Waals surface area contributed by atoms with Crippen LogP contribution in [0.3, 0.4) is 0 Å². The fraction of sp³-hybridized carbons (Fsp3) is 0.818. The van der Waals surface area contributed by atoms with Crippen molar-refractivity contribution in [3.05, 3.63) is 0 Å². The molecular formula is C11H22N2O3. The average Bonchev–Trinajstić information content (AvgIpc) is 2.22. The Morgan fingerprint density at radius 3 is 2.50 bits per heavy atom. The molecule has 94 valence electrons. The molecule has 0 rings (SSSR count). The summed E-state index contributed by atoms with van der Waals surface area (Å²) in [5, 5.41) is 3.11. The molecule has 5 nitrogen and oxygen atoms in total. The number of ether oxygens (including phenoxy) is 1. The zero-order valence-electron chi connectivity index (χ0n) is 9.96. The Morgan fingerprint density at radius 1 is 1.12 bits per heavy atom. The van der Waals surface area contributed by atoms with Crippen LogP contribution in [-0.2, 0) is 14.3 Å². The van der Waals surface area contributed by atoms with Crippen LogP contribution in [0.5, 0.6) is 0 Å². The monoisotopic (exact) mass is 230 g/mol. The van der Waals surface area contributed by atoms with Crippen LogP contribution in [0.15, 0.2) is 0 Å². The zero-order chi connectivity index (χ0) is 12.2. The van der Waals surface area contributed by atoms with Gasteiger partial charge in [0.2, 0.25) is 5.91 Å². The summed E-state index contributed by atoms with van der Waals surface area (Å²) in [4.78, 5) is 21.4. The van der Waals surface area contributed by atoms with E-state index in [0.29, 0.717) is 26.0 Å². The van der Waals surface area contributed by atoms with Gasteiger partial charge in [-0.1, -0.05) is 6.42 Å². The molecule has 0 saturated heterocycles. The number of nitrogens with two attached hydrogens (primary N) is 1. The van der Waals surface area contributed by atoms with E-state index >= 15 is 0 Å². The molecule has 0 heterocycles. The minimum absolute atomic E-state index is 0.121. The van der Waals surface area contributed by atoms with Crippen molar-refractivity contribution in [3.8, 4) is 0 Å². The van der Waals surface area contributed by atoms with Crippen molar-refractivity contribution in [1.29, 1.82) is 0 Å². The molecular weight excluding hydrogens is 208 g/mol. The van der Waals surface area contributed by atoms with Crippen molar-refractivity contribution < 1.29 is 14.3 Å². The molecule has 0 aliphatic heterocycles. The highest BCUT2D eigenvalue weighted by molar-refractivity contribution is 5.73. The summed E-state index contributed by atoms with van der Waals surface area (Å²) in [6.45, 7) is 3.75. The highest BCUT2D eigenvalue weighted by Gasteiger charge is 2.00. The van der Waals surface area contributed by atoms with E-state index in [0.717, 1.165) is 25.8 Å². The van der Waals surface area contributed by atoms with Crippen LogP contribution < -0.4 is 11.1 Å².